The van der Waals surface area contributed by atoms with Gasteiger partial charge < -0.3 is 10.1 Å². The highest BCUT2D eigenvalue weighted by atomic mass is 79.9. The first kappa shape index (κ1) is 15.6. The van der Waals surface area contributed by atoms with Gasteiger partial charge in [0.05, 0.1) is 18.8 Å². The smallest absolute Gasteiger partial charge is 0.128 e. The molecule has 102 valence electrons. The molecular formula is C14H21BrFNO. The Morgan fingerprint density at radius 3 is 2.72 bits per heavy atom. The van der Waals surface area contributed by atoms with Crippen LogP contribution in [-0.4, -0.2) is 19.3 Å². The predicted molar refractivity (Wildman–Crippen MR) is 76.2 cm³/mol. The summed E-state index contributed by atoms with van der Waals surface area (Å²) in [5.41, 5.74) is 0.651. The van der Waals surface area contributed by atoms with Gasteiger partial charge in [-0.3, -0.25) is 0 Å². The number of ether oxygens (including phenoxy) is 1. The van der Waals surface area contributed by atoms with Gasteiger partial charge in [-0.05, 0) is 45.0 Å². The number of hydrogen-bond acceptors (Lipinski definition) is 2. The maximum Gasteiger partial charge on any atom is 0.128 e. The van der Waals surface area contributed by atoms with Gasteiger partial charge in [-0.2, -0.15) is 0 Å². The highest BCUT2D eigenvalue weighted by Gasteiger charge is 2.16. The molecule has 0 fully saturated rings. The summed E-state index contributed by atoms with van der Waals surface area (Å²) in [5, 5.41) is 3.32. The van der Waals surface area contributed by atoms with Crippen LogP contribution in [0.1, 0.15) is 38.8 Å². The van der Waals surface area contributed by atoms with E-state index in [1.54, 1.807) is 6.07 Å². The second-order valence-electron chi connectivity index (χ2n) is 4.55. The largest absolute Gasteiger partial charge is 0.377 e. The van der Waals surface area contributed by atoms with Crippen molar-refractivity contribution in [3.05, 3.63) is 34.1 Å². The highest BCUT2D eigenvalue weighted by Crippen LogP contribution is 2.22. The molecule has 0 amide bonds. The lowest BCUT2D eigenvalue weighted by atomic mass is 10.1. The summed E-state index contributed by atoms with van der Waals surface area (Å²) >= 11 is 3.38. The van der Waals surface area contributed by atoms with E-state index < -0.39 is 0 Å². The van der Waals surface area contributed by atoms with Crippen molar-refractivity contribution in [2.45, 2.75) is 39.3 Å². The number of hydrogen-bond donors (Lipinski definition) is 1. The fraction of sp³-hybridized carbons (Fsp3) is 0.571. The fourth-order valence-electron chi connectivity index (χ4n) is 1.65. The number of benzene rings is 1. The van der Waals surface area contributed by atoms with Crippen LogP contribution in [-0.2, 0) is 4.74 Å². The normalized spacial score (nSPS) is 13.0. The van der Waals surface area contributed by atoms with E-state index in [-0.39, 0.29) is 18.0 Å². The van der Waals surface area contributed by atoms with Crippen LogP contribution in [0, 0.1) is 5.82 Å². The third kappa shape index (κ3) is 5.04. The maximum atomic E-state index is 13.9. The standard InChI is InChI=1S/C14H21BrFNO/c1-4-7-17-14(9-18-10(2)3)12-8-11(15)5-6-13(12)16/h5-6,8,10,14,17H,4,7,9H2,1-3H3. The summed E-state index contributed by atoms with van der Waals surface area (Å²) in [6.07, 6.45) is 1.15. The average molecular weight is 318 g/mol. The quantitative estimate of drug-likeness (QED) is 0.819. The van der Waals surface area contributed by atoms with E-state index in [1.807, 2.05) is 19.9 Å². The Kier molecular flexibility index (Phi) is 6.82. The summed E-state index contributed by atoms with van der Waals surface area (Å²) in [5.74, 6) is -0.195. The summed E-state index contributed by atoms with van der Waals surface area (Å²) in [7, 11) is 0. The van der Waals surface area contributed by atoms with Gasteiger partial charge in [0.25, 0.3) is 0 Å². The summed E-state index contributed by atoms with van der Waals surface area (Å²) in [6, 6.07) is 4.89. The second kappa shape index (κ2) is 7.87. The monoisotopic (exact) mass is 317 g/mol. The van der Waals surface area contributed by atoms with Crippen LogP contribution < -0.4 is 5.32 Å². The molecule has 1 atom stereocenters. The van der Waals surface area contributed by atoms with Gasteiger partial charge in [0.15, 0.2) is 0 Å². The Morgan fingerprint density at radius 1 is 1.39 bits per heavy atom. The van der Waals surface area contributed by atoms with Crippen LogP contribution >= 0.6 is 15.9 Å². The lowest BCUT2D eigenvalue weighted by molar-refractivity contribution is 0.0604. The minimum atomic E-state index is -0.195. The molecule has 2 nitrogen and oxygen atoms in total. The molecule has 0 saturated carbocycles. The number of halogens is 2. The summed E-state index contributed by atoms with van der Waals surface area (Å²) in [4.78, 5) is 0. The van der Waals surface area contributed by atoms with E-state index in [9.17, 15) is 4.39 Å². The fourth-order valence-corrected chi connectivity index (χ4v) is 2.03. The zero-order valence-corrected chi connectivity index (χ0v) is 12.8. The van der Waals surface area contributed by atoms with E-state index in [0.717, 1.165) is 17.4 Å². The molecule has 0 spiro atoms. The molecule has 0 aliphatic rings. The van der Waals surface area contributed by atoms with Crippen molar-refractivity contribution in [2.24, 2.45) is 0 Å². The molecule has 18 heavy (non-hydrogen) atoms. The molecule has 1 rings (SSSR count). The van der Waals surface area contributed by atoms with Crippen LogP contribution in [0.3, 0.4) is 0 Å². The van der Waals surface area contributed by atoms with Gasteiger partial charge >= 0.3 is 0 Å². The van der Waals surface area contributed by atoms with Crippen molar-refractivity contribution in [3.63, 3.8) is 0 Å². The third-order valence-corrected chi connectivity index (χ3v) is 3.06. The maximum absolute atomic E-state index is 13.9. The first-order valence-corrected chi connectivity index (χ1v) is 7.13. The molecule has 0 aliphatic carbocycles. The van der Waals surface area contributed by atoms with Gasteiger partial charge in [0, 0.05) is 10.0 Å². The number of nitrogens with one attached hydrogen (secondary N) is 1. The molecule has 1 aromatic rings. The molecule has 1 unspecified atom stereocenters. The Morgan fingerprint density at radius 2 is 2.11 bits per heavy atom. The van der Waals surface area contributed by atoms with E-state index in [4.69, 9.17) is 4.74 Å². The summed E-state index contributed by atoms with van der Waals surface area (Å²) in [6.45, 7) is 7.37. The van der Waals surface area contributed by atoms with Crippen LogP contribution in [0.2, 0.25) is 0 Å². The molecule has 0 saturated heterocycles. The van der Waals surface area contributed by atoms with E-state index in [0.29, 0.717) is 12.2 Å². The Bertz CT molecular complexity index is 371. The second-order valence-corrected chi connectivity index (χ2v) is 5.47. The van der Waals surface area contributed by atoms with Crippen molar-refractivity contribution in [3.8, 4) is 0 Å². The average Bonchev–Trinajstić information content (AvgIpc) is 2.32. The molecule has 0 aromatic heterocycles. The minimum Gasteiger partial charge on any atom is -0.377 e. The lowest BCUT2D eigenvalue weighted by Gasteiger charge is -2.21. The Hall–Kier alpha value is -0.450. The Labute approximate surface area is 117 Å². The zero-order chi connectivity index (χ0) is 13.5. The molecule has 1 N–H and O–H groups in total. The lowest BCUT2D eigenvalue weighted by Crippen LogP contribution is -2.28. The SMILES string of the molecule is CCCNC(COC(C)C)c1cc(Br)ccc1F. The topological polar surface area (TPSA) is 21.3 Å². The zero-order valence-electron chi connectivity index (χ0n) is 11.2. The van der Waals surface area contributed by atoms with Crippen LogP contribution in [0.15, 0.2) is 22.7 Å². The van der Waals surface area contributed by atoms with Crippen LogP contribution in [0.25, 0.3) is 0 Å². The number of rotatable bonds is 7. The molecule has 4 heteroatoms. The van der Waals surface area contributed by atoms with Gasteiger partial charge in [0.2, 0.25) is 0 Å². The van der Waals surface area contributed by atoms with E-state index >= 15 is 0 Å². The van der Waals surface area contributed by atoms with Gasteiger partial charge in [-0.15, -0.1) is 0 Å². The highest BCUT2D eigenvalue weighted by molar-refractivity contribution is 9.10. The van der Waals surface area contributed by atoms with Gasteiger partial charge in [0.1, 0.15) is 5.82 Å². The van der Waals surface area contributed by atoms with Crippen molar-refractivity contribution in [2.75, 3.05) is 13.2 Å². The van der Waals surface area contributed by atoms with Crippen molar-refractivity contribution in [1.29, 1.82) is 0 Å². The van der Waals surface area contributed by atoms with Crippen molar-refractivity contribution in [1.82, 2.24) is 5.32 Å². The molecule has 1 aromatic carbocycles. The first-order valence-electron chi connectivity index (χ1n) is 6.34. The van der Waals surface area contributed by atoms with Crippen LogP contribution in [0.4, 0.5) is 4.39 Å². The predicted octanol–water partition coefficient (Wildman–Crippen LogP) is 4.05. The Balaban J connectivity index is 2.82. The molecule has 0 bridgehead atoms. The minimum absolute atomic E-state index is 0.107. The van der Waals surface area contributed by atoms with E-state index in [2.05, 4.69) is 28.2 Å². The van der Waals surface area contributed by atoms with Crippen molar-refractivity contribution < 1.29 is 9.13 Å². The third-order valence-electron chi connectivity index (χ3n) is 2.57. The summed E-state index contributed by atoms with van der Waals surface area (Å²) < 4.78 is 20.3. The van der Waals surface area contributed by atoms with E-state index in [1.165, 1.54) is 6.07 Å². The molecule has 0 radical (unpaired) electrons. The van der Waals surface area contributed by atoms with Gasteiger partial charge in [-0.1, -0.05) is 22.9 Å². The van der Waals surface area contributed by atoms with Crippen LogP contribution in [0.5, 0.6) is 0 Å². The molecule has 0 heterocycles. The molecule has 0 aliphatic heterocycles. The molecular weight excluding hydrogens is 297 g/mol. The van der Waals surface area contributed by atoms with Crippen molar-refractivity contribution >= 4 is 15.9 Å². The first-order chi connectivity index (χ1) is 8.54. The van der Waals surface area contributed by atoms with Gasteiger partial charge in [-0.25, -0.2) is 4.39 Å².